The number of hydrogen-bond acceptors (Lipinski definition) is 5. The van der Waals surface area contributed by atoms with Crippen LogP contribution in [0.5, 0.6) is 0 Å². The Morgan fingerprint density at radius 3 is 2.26 bits per heavy atom. The highest BCUT2D eigenvalue weighted by molar-refractivity contribution is 6.46. The van der Waals surface area contributed by atoms with Crippen LogP contribution >= 0.6 is 34.8 Å². The number of hydrogen-bond donors (Lipinski definition) is 1. The number of nitrogens with one attached hydrogen (secondary N) is 1. The molecule has 0 atom stereocenters. The van der Waals surface area contributed by atoms with E-state index in [9.17, 15) is 28.5 Å². The average molecular weight is 438 g/mol. The molecule has 2 rings (SSSR count). The van der Waals surface area contributed by atoms with Gasteiger partial charge in [0.15, 0.2) is 5.71 Å². The molecule has 0 saturated heterocycles. The van der Waals surface area contributed by atoms with Crippen molar-refractivity contribution in [2.75, 3.05) is 5.43 Å². The second-order valence-electron chi connectivity index (χ2n) is 4.89. The van der Waals surface area contributed by atoms with Crippen LogP contribution in [0.1, 0.15) is 11.1 Å². The predicted octanol–water partition coefficient (Wildman–Crippen LogP) is 5.91. The SMILES string of the molecule is N#C/C(=N\Nc1c(Cl)cc(C(F)(F)F)c(Cl)c1Cl)c1ccc([N+](=O)[O-])cc1. The number of nitriles is 1. The normalized spacial score (nSPS) is 11.8. The van der Waals surface area contributed by atoms with Crippen LogP contribution < -0.4 is 5.43 Å². The van der Waals surface area contributed by atoms with E-state index in [4.69, 9.17) is 34.8 Å². The molecule has 0 unspecified atom stereocenters. The van der Waals surface area contributed by atoms with E-state index in [0.717, 1.165) is 12.1 Å². The smallest absolute Gasteiger partial charge is 0.274 e. The maximum Gasteiger partial charge on any atom is 0.417 e. The van der Waals surface area contributed by atoms with Crippen LogP contribution in [0.15, 0.2) is 35.4 Å². The van der Waals surface area contributed by atoms with E-state index in [2.05, 4.69) is 10.5 Å². The third-order valence-electron chi connectivity index (χ3n) is 3.20. The van der Waals surface area contributed by atoms with Gasteiger partial charge in [-0.25, -0.2) is 0 Å². The fourth-order valence-corrected chi connectivity index (χ4v) is 2.71. The van der Waals surface area contributed by atoms with Crippen LogP contribution in [-0.2, 0) is 6.18 Å². The Hall–Kier alpha value is -2.54. The number of nitro groups is 1. The number of halogens is 6. The van der Waals surface area contributed by atoms with Crippen molar-refractivity contribution in [1.82, 2.24) is 0 Å². The van der Waals surface area contributed by atoms with Crippen molar-refractivity contribution in [3.8, 4) is 6.07 Å². The molecule has 1 N–H and O–H groups in total. The zero-order chi connectivity index (χ0) is 20.4. The summed E-state index contributed by atoms with van der Waals surface area (Å²) in [6, 6.07) is 7.21. The summed E-state index contributed by atoms with van der Waals surface area (Å²) in [4.78, 5) is 10.0. The van der Waals surface area contributed by atoms with E-state index in [1.807, 2.05) is 0 Å². The summed E-state index contributed by atoms with van der Waals surface area (Å²) in [5.74, 6) is 0. The quantitative estimate of drug-likeness (QED) is 0.278. The van der Waals surface area contributed by atoms with Crippen LogP contribution in [0, 0.1) is 21.4 Å². The van der Waals surface area contributed by atoms with E-state index in [1.165, 1.54) is 12.1 Å². The van der Waals surface area contributed by atoms with Crippen LogP contribution in [0.3, 0.4) is 0 Å². The lowest BCUT2D eigenvalue weighted by Gasteiger charge is -2.14. The number of alkyl halides is 3. The number of non-ortho nitro benzene ring substituents is 1. The monoisotopic (exact) mass is 436 g/mol. The molecule has 0 aromatic heterocycles. The van der Waals surface area contributed by atoms with E-state index >= 15 is 0 Å². The third-order valence-corrected chi connectivity index (χ3v) is 4.37. The first-order valence-electron chi connectivity index (χ1n) is 6.79. The molecule has 0 saturated carbocycles. The maximum atomic E-state index is 12.9. The van der Waals surface area contributed by atoms with Crippen molar-refractivity contribution in [2.24, 2.45) is 5.10 Å². The Morgan fingerprint density at radius 2 is 1.78 bits per heavy atom. The standard InChI is InChI=1S/C15H6Cl3F3N4O2/c16-10-5-9(15(19,20)21)12(17)13(18)14(10)24-23-11(6-22)7-1-3-8(4-2-7)25(26)27/h1-5,24H/b23-11+. The highest BCUT2D eigenvalue weighted by Crippen LogP contribution is 2.44. The van der Waals surface area contributed by atoms with E-state index in [-0.39, 0.29) is 22.6 Å². The predicted molar refractivity (Wildman–Crippen MR) is 95.3 cm³/mol. The van der Waals surface area contributed by atoms with Crippen LogP contribution in [-0.4, -0.2) is 10.6 Å². The summed E-state index contributed by atoms with van der Waals surface area (Å²) in [6.45, 7) is 0. The lowest BCUT2D eigenvalue weighted by molar-refractivity contribution is -0.384. The van der Waals surface area contributed by atoms with E-state index in [0.29, 0.717) is 6.07 Å². The second-order valence-corrected chi connectivity index (χ2v) is 6.06. The van der Waals surface area contributed by atoms with Crippen LogP contribution in [0.25, 0.3) is 0 Å². The largest absolute Gasteiger partial charge is 0.417 e. The minimum Gasteiger partial charge on any atom is -0.274 e. The van der Waals surface area contributed by atoms with Crippen LogP contribution in [0.2, 0.25) is 15.1 Å². The van der Waals surface area contributed by atoms with Gasteiger partial charge in [0.2, 0.25) is 0 Å². The van der Waals surface area contributed by atoms with Gasteiger partial charge in [0.1, 0.15) is 6.07 Å². The van der Waals surface area contributed by atoms with Gasteiger partial charge < -0.3 is 0 Å². The molecule has 0 aliphatic heterocycles. The minimum absolute atomic E-state index is 0.190. The van der Waals surface area contributed by atoms with Gasteiger partial charge in [0.25, 0.3) is 5.69 Å². The fourth-order valence-electron chi connectivity index (χ4n) is 1.91. The number of benzene rings is 2. The zero-order valence-electron chi connectivity index (χ0n) is 12.8. The molecule has 12 heteroatoms. The third kappa shape index (κ3) is 4.60. The molecule has 0 heterocycles. The van der Waals surface area contributed by atoms with Gasteiger partial charge in [-0.1, -0.05) is 34.8 Å². The summed E-state index contributed by atoms with van der Waals surface area (Å²) in [5, 5.41) is 21.8. The number of rotatable bonds is 4. The lowest BCUT2D eigenvalue weighted by Crippen LogP contribution is -2.08. The van der Waals surface area contributed by atoms with Crippen molar-refractivity contribution < 1.29 is 18.1 Å². The first-order chi connectivity index (χ1) is 12.6. The maximum absolute atomic E-state index is 12.9. The summed E-state index contributed by atoms with van der Waals surface area (Å²) in [7, 11) is 0. The second kappa shape index (κ2) is 8.00. The molecule has 0 radical (unpaired) electrons. The summed E-state index contributed by atoms with van der Waals surface area (Å²) in [6.07, 6.45) is -4.76. The van der Waals surface area contributed by atoms with E-state index in [1.54, 1.807) is 6.07 Å². The van der Waals surface area contributed by atoms with Gasteiger partial charge in [-0.15, -0.1) is 0 Å². The lowest BCUT2D eigenvalue weighted by atomic mass is 10.1. The molecular weight excluding hydrogens is 432 g/mol. The zero-order valence-corrected chi connectivity index (χ0v) is 15.1. The first-order valence-corrected chi connectivity index (χ1v) is 7.93. The van der Waals surface area contributed by atoms with Gasteiger partial charge in [-0.2, -0.15) is 23.5 Å². The number of nitrogens with zero attached hydrogens (tertiary/aromatic N) is 3. The van der Waals surface area contributed by atoms with E-state index < -0.39 is 31.7 Å². The average Bonchev–Trinajstić information content (AvgIpc) is 2.60. The molecule has 140 valence electrons. The minimum atomic E-state index is -4.76. The molecular formula is C15H6Cl3F3N4O2. The van der Waals surface area contributed by atoms with Crippen molar-refractivity contribution >= 4 is 51.9 Å². The molecule has 0 fully saturated rings. The Labute approximate surface area is 164 Å². The number of anilines is 1. The van der Waals surface area contributed by atoms with Gasteiger partial charge in [-0.3, -0.25) is 15.5 Å². The molecule has 0 bridgehead atoms. The first kappa shape index (κ1) is 20.8. The fraction of sp³-hybridized carbons (Fsp3) is 0.0667. The summed E-state index contributed by atoms with van der Waals surface area (Å²) < 4.78 is 38.6. The molecule has 0 aliphatic carbocycles. The highest BCUT2D eigenvalue weighted by Gasteiger charge is 2.35. The molecule has 0 aliphatic rings. The van der Waals surface area contributed by atoms with Crippen molar-refractivity contribution in [3.05, 3.63) is 66.6 Å². The Kier molecular flexibility index (Phi) is 6.15. The van der Waals surface area contributed by atoms with Crippen LogP contribution in [0.4, 0.5) is 24.5 Å². The summed E-state index contributed by atoms with van der Waals surface area (Å²) in [5.41, 5.74) is 0.673. The van der Waals surface area contributed by atoms with Gasteiger partial charge in [0.05, 0.1) is 31.2 Å². The van der Waals surface area contributed by atoms with Crippen molar-refractivity contribution in [2.45, 2.75) is 6.18 Å². The highest BCUT2D eigenvalue weighted by atomic mass is 35.5. The Bertz CT molecular complexity index is 970. The molecule has 2 aromatic rings. The number of hydrazone groups is 1. The number of nitro benzene ring substituents is 1. The molecule has 6 nitrogen and oxygen atoms in total. The molecule has 2 aromatic carbocycles. The van der Waals surface area contributed by atoms with Gasteiger partial charge in [0, 0.05) is 17.7 Å². The Morgan fingerprint density at radius 1 is 1.19 bits per heavy atom. The topological polar surface area (TPSA) is 91.3 Å². The molecule has 0 spiro atoms. The van der Waals surface area contributed by atoms with Crippen molar-refractivity contribution in [3.63, 3.8) is 0 Å². The molecule has 27 heavy (non-hydrogen) atoms. The van der Waals surface area contributed by atoms with Gasteiger partial charge >= 0.3 is 6.18 Å². The molecule has 0 amide bonds. The summed E-state index contributed by atoms with van der Waals surface area (Å²) >= 11 is 17.3. The van der Waals surface area contributed by atoms with Gasteiger partial charge in [-0.05, 0) is 18.2 Å². The van der Waals surface area contributed by atoms with Crippen molar-refractivity contribution in [1.29, 1.82) is 5.26 Å². The Balaban J connectivity index is 2.39.